The Hall–Kier alpha value is -3.09. The van der Waals surface area contributed by atoms with Gasteiger partial charge in [0.2, 0.25) is 0 Å². The third-order valence-electron chi connectivity index (χ3n) is 4.84. The Morgan fingerprint density at radius 3 is 3.00 bits per heavy atom. The predicted octanol–water partition coefficient (Wildman–Crippen LogP) is 3.01. The maximum absolute atomic E-state index is 12.6. The van der Waals surface area contributed by atoms with E-state index in [2.05, 4.69) is 20.1 Å². The molecule has 1 atom stereocenters. The van der Waals surface area contributed by atoms with Gasteiger partial charge in [-0.05, 0) is 49.4 Å². The number of hydrogen-bond acceptors (Lipinski definition) is 6. The van der Waals surface area contributed by atoms with E-state index in [1.807, 2.05) is 29.2 Å². The highest BCUT2D eigenvalue weighted by Crippen LogP contribution is 2.23. The van der Waals surface area contributed by atoms with Crippen molar-refractivity contribution >= 4 is 5.91 Å². The molecule has 4 heterocycles. The Balaban J connectivity index is 1.34. The van der Waals surface area contributed by atoms with Gasteiger partial charge in [-0.3, -0.25) is 14.8 Å². The van der Waals surface area contributed by atoms with Gasteiger partial charge in [0.1, 0.15) is 5.69 Å². The van der Waals surface area contributed by atoms with E-state index in [0.717, 1.165) is 38.8 Å². The second-order valence-corrected chi connectivity index (χ2v) is 6.77. The summed E-state index contributed by atoms with van der Waals surface area (Å²) in [6.07, 6.45) is 8.80. The second-order valence-electron chi connectivity index (χ2n) is 6.77. The number of amides is 1. The van der Waals surface area contributed by atoms with Gasteiger partial charge in [-0.15, -0.1) is 0 Å². The van der Waals surface area contributed by atoms with Crippen LogP contribution in [-0.2, 0) is 6.42 Å². The highest BCUT2D eigenvalue weighted by molar-refractivity contribution is 5.93. The SMILES string of the molecule is O=C(c1cccnc1)N1CCCC(CCc2noc(-c3ccccn3)n2)C1. The summed E-state index contributed by atoms with van der Waals surface area (Å²) >= 11 is 0. The fourth-order valence-corrected chi connectivity index (χ4v) is 3.44. The topological polar surface area (TPSA) is 85.0 Å². The molecule has 1 aliphatic heterocycles. The maximum atomic E-state index is 12.6. The van der Waals surface area contributed by atoms with Crippen molar-refractivity contribution in [1.29, 1.82) is 0 Å². The first kappa shape index (κ1) is 17.3. The van der Waals surface area contributed by atoms with Crippen molar-refractivity contribution in [2.75, 3.05) is 13.1 Å². The van der Waals surface area contributed by atoms with E-state index < -0.39 is 0 Å². The van der Waals surface area contributed by atoms with E-state index in [-0.39, 0.29) is 5.91 Å². The lowest BCUT2D eigenvalue weighted by Crippen LogP contribution is -2.40. The first-order valence-electron chi connectivity index (χ1n) is 9.23. The van der Waals surface area contributed by atoms with Crippen LogP contribution < -0.4 is 0 Å². The van der Waals surface area contributed by atoms with Crippen LogP contribution in [0.4, 0.5) is 0 Å². The van der Waals surface area contributed by atoms with Crippen molar-refractivity contribution < 1.29 is 9.32 Å². The van der Waals surface area contributed by atoms with Crippen molar-refractivity contribution in [2.24, 2.45) is 5.92 Å². The van der Waals surface area contributed by atoms with Crippen LogP contribution in [0.1, 0.15) is 35.4 Å². The number of carbonyl (C=O) groups excluding carboxylic acids is 1. The molecule has 1 saturated heterocycles. The van der Waals surface area contributed by atoms with Crippen LogP contribution in [0.15, 0.2) is 53.4 Å². The smallest absolute Gasteiger partial charge is 0.276 e. The summed E-state index contributed by atoms with van der Waals surface area (Å²) in [5.41, 5.74) is 1.33. The fourth-order valence-electron chi connectivity index (χ4n) is 3.44. The van der Waals surface area contributed by atoms with Gasteiger partial charge in [-0.1, -0.05) is 11.2 Å². The quantitative estimate of drug-likeness (QED) is 0.693. The third kappa shape index (κ3) is 4.19. The van der Waals surface area contributed by atoms with Crippen molar-refractivity contribution in [2.45, 2.75) is 25.7 Å². The molecule has 4 rings (SSSR count). The molecule has 7 nitrogen and oxygen atoms in total. The summed E-state index contributed by atoms with van der Waals surface area (Å²) in [5, 5.41) is 4.06. The summed E-state index contributed by atoms with van der Waals surface area (Å²) in [6.45, 7) is 1.56. The molecular formula is C20H21N5O2. The number of nitrogens with zero attached hydrogens (tertiary/aromatic N) is 5. The van der Waals surface area contributed by atoms with E-state index in [4.69, 9.17) is 4.52 Å². The van der Waals surface area contributed by atoms with Crippen molar-refractivity contribution in [3.8, 4) is 11.6 Å². The molecule has 3 aromatic heterocycles. The fraction of sp³-hybridized carbons (Fsp3) is 0.350. The van der Waals surface area contributed by atoms with E-state index in [0.29, 0.717) is 28.9 Å². The van der Waals surface area contributed by atoms with Crippen LogP contribution in [0.5, 0.6) is 0 Å². The molecule has 3 aromatic rings. The average Bonchev–Trinajstić information content (AvgIpc) is 3.22. The highest BCUT2D eigenvalue weighted by Gasteiger charge is 2.25. The molecule has 1 fully saturated rings. The zero-order valence-corrected chi connectivity index (χ0v) is 15.0. The van der Waals surface area contributed by atoms with E-state index in [1.54, 1.807) is 24.7 Å². The summed E-state index contributed by atoms with van der Waals surface area (Å²) in [7, 11) is 0. The summed E-state index contributed by atoms with van der Waals surface area (Å²) in [5.74, 6) is 1.63. The number of piperidine rings is 1. The number of aromatic nitrogens is 4. The number of hydrogen-bond donors (Lipinski definition) is 0. The molecule has 1 unspecified atom stereocenters. The minimum atomic E-state index is 0.0600. The molecule has 0 spiro atoms. The van der Waals surface area contributed by atoms with Crippen molar-refractivity contribution in [3.05, 3.63) is 60.3 Å². The summed E-state index contributed by atoms with van der Waals surface area (Å²) in [6, 6.07) is 9.20. The Bertz CT molecular complexity index is 882. The predicted molar refractivity (Wildman–Crippen MR) is 98.7 cm³/mol. The van der Waals surface area contributed by atoms with E-state index >= 15 is 0 Å². The van der Waals surface area contributed by atoms with Crippen LogP contribution in [0.25, 0.3) is 11.6 Å². The molecule has 0 bridgehead atoms. The molecule has 0 saturated carbocycles. The van der Waals surface area contributed by atoms with Gasteiger partial charge in [0.05, 0.1) is 5.56 Å². The molecule has 7 heteroatoms. The zero-order chi connectivity index (χ0) is 18.5. The van der Waals surface area contributed by atoms with Crippen molar-refractivity contribution in [1.82, 2.24) is 25.0 Å². The Labute approximate surface area is 157 Å². The second kappa shape index (κ2) is 8.07. The first-order chi connectivity index (χ1) is 13.3. The normalized spacial score (nSPS) is 17.0. The number of rotatable bonds is 5. The van der Waals surface area contributed by atoms with Gasteiger partial charge in [0.25, 0.3) is 11.8 Å². The largest absolute Gasteiger partial charge is 0.338 e. The van der Waals surface area contributed by atoms with Gasteiger partial charge in [0, 0.05) is 38.1 Å². The van der Waals surface area contributed by atoms with Crippen LogP contribution >= 0.6 is 0 Å². The molecule has 0 aliphatic carbocycles. The lowest BCUT2D eigenvalue weighted by Gasteiger charge is -2.32. The van der Waals surface area contributed by atoms with Crippen LogP contribution in [-0.4, -0.2) is 44.0 Å². The molecular weight excluding hydrogens is 342 g/mol. The van der Waals surface area contributed by atoms with Crippen LogP contribution in [0.2, 0.25) is 0 Å². The van der Waals surface area contributed by atoms with Crippen LogP contribution in [0, 0.1) is 5.92 Å². The molecule has 1 aliphatic rings. The van der Waals surface area contributed by atoms with E-state index in [9.17, 15) is 4.79 Å². The molecule has 138 valence electrons. The Kier molecular flexibility index (Phi) is 5.18. The molecule has 0 radical (unpaired) electrons. The van der Waals surface area contributed by atoms with E-state index in [1.165, 1.54) is 0 Å². The van der Waals surface area contributed by atoms with Crippen molar-refractivity contribution in [3.63, 3.8) is 0 Å². The highest BCUT2D eigenvalue weighted by atomic mass is 16.5. The minimum Gasteiger partial charge on any atom is -0.338 e. The Morgan fingerprint density at radius 1 is 1.22 bits per heavy atom. The standard InChI is InChI=1S/C20H21N5O2/c26-20(16-6-3-10-21-13-16)25-12-4-5-15(14-25)8-9-18-23-19(27-24-18)17-7-1-2-11-22-17/h1-3,6-7,10-11,13,15H,4-5,8-9,12,14H2. The minimum absolute atomic E-state index is 0.0600. The lowest BCUT2D eigenvalue weighted by molar-refractivity contribution is 0.0667. The van der Waals surface area contributed by atoms with Gasteiger partial charge in [-0.2, -0.15) is 4.98 Å². The Morgan fingerprint density at radius 2 is 2.19 bits per heavy atom. The monoisotopic (exact) mass is 363 g/mol. The molecule has 27 heavy (non-hydrogen) atoms. The maximum Gasteiger partial charge on any atom is 0.276 e. The first-order valence-corrected chi connectivity index (χ1v) is 9.23. The van der Waals surface area contributed by atoms with Crippen LogP contribution in [0.3, 0.4) is 0 Å². The van der Waals surface area contributed by atoms with Gasteiger partial charge in [0.15, 0.2) is 5.82 Å². The zero-order valence-electron chi connectivity index (χ0n) is 15.0. The molecule has 0 N–H and O–H groups in total. The lowest BCUT2D eigenvalue weighted by atomic mass is 9.93. The molecule has 0 aromatic carbocycles. The molecule has 1 amide bonds. The van der Waals surface area contributed by atoms with Gasteiger partial charge >= 0.3 is 0 Å². The summed E-state index contributed by atoms with van der Waals surface area (Å²) in [4.78, 5) is 27.3. The number of pyridine rings is 2. The van der Waals surface area contributed by atoms with Gasteiger partial charge in [-0.25, -0.2) is 0 Å². The number of likely N-dealkylation sites (tertiary alicyclic amines) is 1. The third-order valence-corrected chi connectivity index (χ3v) is 4.84. The summed E-state index contributed by atoms with van der Waals surface area (Å²) < 4.78 is 5.31. The average molecular weight is 363 g/mol. The number of carbonyl (C=O) groups is 1. The van der Waals surface area contributed by atoms with Gasteiger partial charge < -0.3 is 9.42 Å². The number of aryl methyl sites for hydroxylation is 1.